The summed E-state index contributed by atoms with van der Waals surface area (Å²) >= 11 is 0. The number of amides is 2. The highest BCUT2D eigenvalue weighted by atomic mass is 35.5. The fourth-order valence-electron chi connectivity index (χ4n) is 2.04. The summed E-state index contributed by atoms with van der Waals surface area (Å²) in [7, 11) is 1.76. The van der Waals surface area contributed by atoms with E-state index in [1.165, 1.54) is 0 Å². The van der Waals surface area contributed by atoms with E-state index in [2.05, 4.69) is 0 Å². The number of piperazine rings is 1. The summed E-state index contributed by atoms with van der Waals surface area (Å²) in [6.07, 6.45) is 0.292. The summed E-state index contributed by atoms with van der Waals surface area (Å²) in [4.78, 5) is 27.2. The topological polar surface area (TPSA) is 66.6 Å². The molecule has 2 amide bonds. The normalized spacial score (nSPS) is 20.9. The second kappa shape index (κ2) is 5.69. The molecule has 0 aliphatic carbocycles. The fourth-order valence-corrected chi connectivity index (χ4v) is 2.04. The summed E-state index contributed by atoms with van der Waals surface area (Å²) in [5.41, 5.74) is 4.86. The van der Waals surface area contributed by atoms with E-state index in [9.17, 15) is 9.59 Å². The Morgan fingerprint density at radius 3 is 2.47 bits per heavy atom. The van der Waals surface area contributed by atoms with Gasteiger partial charge in [-0.3, -0.25) is 9.59 Å². The quantitative estimate of drug-likeness (QED) is 0.775. The van der Waals surface area contributed by atoms with Crippen molar-refractivity contribution in [2.75, 3.05) is 20.1 Å². The average Bonchev–Trinajstić information content (AvgIpc) is 2.13. The van der Waals surface area contributed by atoms with E-state index >= 15 is 0 Å². The third-order valence-corrected chi connectivity index (χ3v) is 3.00. The molecular weight excluding hydrogens is 242 g/mol. The molecular formula is C11H22ClN3O2. The first-order valence-corrected chi connectivity index (χ1v) is 5.58. The van der Waals surface area contributed by atoms with Gasteiger partial charge in [0, 0.05) is 32.6 Å². The zero-order chi connectivity index (χ0) is 12.5. The van der Waals surface area contributed by atoms with Crippen molar-refractivity contribution in [3.05, 3.63) is 0 Å². The van der Waals surface area contributed by atoms with E-state index in [0.29, 0.717) is 19.5 Å². The van der Waals surface area contributed by atoms with Crippen LogP contribution in [-0.2, 0) is 9.59 Å². The second-order valence-electron chi connectivity index (χ2n) is 5.01. The maximum absolute atomic E-state index is 12.0. The van der Waals surface area contributed by atoms with Crippen LogP contribution in [0, 0.1) is 0 Å². The molecule has 0 spiro atoms. The Kier molecular flexibility index (Phi) is 5.42. The van der Waals surface area contributed by atoms with Crippen molar-refractivity contribution in [2.45, 2.75) is 38.8 Å². The van der Waals surface area contributed by atoms with Gasteiger partial charge in [-0.15, -0.1) is 12.4 Å². The van der Waals surface area contributed by atoms with E-state index in [-0.39, 0.29) is 30.3 Å². The molecule has 1 rings (SSSR count). The Labute approximate surface area is 109 Å². The minimum atomic E-state index is -0.751. The standard InChI is InChI=1S/C11H21N3O2.ClH/c1-8(12)7-9(15)14-6-5-13(4)10(16)11(14,2)3;/h8H,5-7,12H2,1-4H3;1H. The molecule has 17 heavy (non-hydrogen) atoms. The number of halogens is 1. The molecule has 0 aromatic carbocycles. The number of hydrogen-bond acceptors (Lipinski definition) is 3. The molecule has 1 fully saturated rings. The largest absolute Gasteiger partial charge is 0.342 e. The molecule has 1 saturated heterocycles. The number of carbonyl (C=O) groups is 2. The number of nitrogens with zero attached hydrogens (tertiary/aromatic N) is 2. The van der Waals surface area contributed by atoms with Gasteiger partial charge in [0.05, 0.1) is 0 Å². The van der Waals surface area contributed by atoms with Gasteiger partial charge >= 0.3 is 0 Å². The van der Waals surface area contributed by atoms with Gasteiger partial charge in [-0.2, -0.15) is 0 Å². The number of hydrogen-bond donors (Lipinski definition) is 1. The molecule has 1 heterocycles. The molecule has 1 aliphatic rings. The minimum Gasteiger partial charge on any atom is -0.342 e. The van der Waals surface area contributed by atoms with Gasteiger partial charge in [-0.05, 0) is 20.8 Å². The van der Waals surface area contributed by atoms with Gasteiger partial charge in [-0.25, -0.2) is 0 Å². The first-order valence-electron chi connectivity index (χ1n) is 5.58. The summed E-state index contributed by atoms with van der Waals surface area (Å²) in [5, 5.41) is 0. The van der Waals surface area contributed by atoms with Crippen molar-refractivity contribution in [1.29, 1.82) is 0 Å². The van der Waals surface area contributed by atoms with E-state index < -0.39 is 5.54 Å². The predicted octanol–water partition coefficient (Wildman–Crippen LogP) is 0.225. The van der Waals surface area contributed by atoms with Crippen molar-refractivity contribution in [2.24, 2.45) is 5.73 Å². The van der Waals surface area contributed by atoms with Crippen LogP contribution in [0.5, 0.6) is 0 Å². The van der Waals surface area contributed by atoms with Gasteiger partial charge in [0.15, 0.2) is 0 Å². The molecule has 2 N–H and O–H groups in total. The van der Waals surface area contributed by atoms with Crippen LogP contribution in [0.3, 0.4) is 0 Å². The smallest absolute Gasteiger partial charge is 0.247 e. The van der Waals surface area contributed by atoms with Gasteiger partial charge in [0.25, 0.3) is 0 Å². The van der Waals surface area contributed by atoms with Crippen molar-refractivity contribution in [1.82, 2.24) is 9.80 Å². The lowest BCUT2D eigenvalue weighted by Crippen LogP contribution is -2.63. The Bertz CT molecular complexity index is 305. The van der Waals surface area contributed by atoms with Crippen molar-refractivity contribution >= 4 is 24.2 Å². The molecule has 1 aliphatic heterocycles. The fraction of sp³-hybridized carbons (Fsp3) is 0.818. The van der Waals surface area contributed by atoms with E-state index in [1.54, 1.807) is 37.6 Å². The van der Waals surface area contributed by atoms with Crippen molar-refractivity contribution in [3.8, 4) is 0 Å². The zero-order valence-corrected chi connectivity index (χ0v) is 11.7. The van der Waals surface area contributed by atoms with Crippen LogP contribution in [0.2, 0.25) is 0 Å². The maximum atomic E-state index is 12.0. The van der Waals surface area contributed by atoms with E-state index in [4.69, 9.17) is 5.73 Å². The van der Waals surface area contributed by atoms with Crippen LogP contribution in [-0.4, -0.2) is 53.3 Å². The molecule has 6 heteroatoms. The average molecular weight is 264 g/mol. The zero-order valence-electron chi connectivity index (χ0n) is 10.9. The molecule has 1 unspecified atom stereocenters. The first-order chi connectivity index (χ1) is 7.26. The van der Waals surface area contributed by atoms with Crippen molar-refractivity contribution < 1.29 is 9.59 Å². The highest BCUT2D eigenvalue weighted by Gasteiger charge is 2.42. The molecule has 100 valence electrons. The first kappa shape index (κ1) is 16.2. The Morgan fingerprint density at radius 2 is 2.00 bits per heavy atom. The summed E-state index contributed by atoms with van der Waals surface area (Å²) in [6, 6.07) is -0.168. The molecule has 0 bridgehead atoms. The molecule has 0 aromatic heterocycles. The van der Waals surface area contributed by atoms with Crippen molar-refractivity contribution in [3.63, 3.8) is 0 Å². The van der Waals surface area contributed by atoms with Crippen LogP contribution in [0.15, 0.2) is 0 Å². The van der Waals surface area contributed by atoms with Crippen LogP contribution in [0.1, 0.15) is 27.2 Å². The number of carbonyl (C=O) groups excluding carboxylic acids is 2. The molecule has 0 saturated carbocycles. The summed E-state index contributed by atoms with van der Waals surface area (Å²) < 4.78 is 0. The Hall–Kier alpha value is -0.810. The van der Waals surface area contributed by atoms with Crippen LogP contribution in [0.4, 0.5) is 0 Å². The lowest BCUT2D eigenvalue weighted by Gasteiger charge is -2.45. The monoisotopic (exact) mass is 263 g/mol. The van der Waals surface area contributed by atoms with Gasteiger partial charge < -0.3 is 15.5 Å². The molecule has 0 radical (unpaired) electrons. The molecule has 0 aromatic rings. The lowest BCUT2D eigenvalue weighted by atomic mass is 9.97. The lowest BCUT2D eigenvalue weighted by molar-refractivity contribution is -0.157. The van der Waals surface area contributed by atoms with E-state index in [1.807, 2.05) is 0 Å². The van der Waals surface area contributed by atoms with Crippen LogP contribution >= 0.6 is 12.4 Å². The Balaban J connectivity index is 0.00000256. The molecule has 1 atom stereocenters. The summed E-state index contributed by atoms with van der Waals surface area (Å²) in [6.45, 7) is 6.53. The highest BCUT2D eigenvalue weighted by Crippen LogP contribution is 2.22. The maximum Gasteiger partial charge on any atom is 0.247 e. The van der Waals surface area contributed by atoms with E-state index in [0.717, 1.165) is 0 Å². The SMILES string of the molecule is CC(N)CC(=O)N1CCN(C)C(=O)C1(C)C.Cl. The molecule has 5 nitrogen and oxygen atoms in total. The number of likely N-dealkylation sites (N-methyl/N-ethyl adjacent to an activating group) is 1. The number of rotatable bonds is 2. The minimum absolute atomic E-state index is 0. The third kappa shape index (κ3) is 3.33. The van der Waals surface area contributed by atoms with Crippen LogP contribution in [0.25, 0.3) is 0 Å². The number of nitrogens with two attached hydrogens (primary N) is 1. The van der Waals surface area contributed by atoms with Gasteiger partial charge in [0.1, 0.15) is 5.54 Å². The summed E-state index contributed by atoms with van der Waals surface area (Å²) in [5.74, 6) is -0.0572. The Morgan fingerprint density at radius 1 is 1.47 bits per heavy atom. The third-order valence-electron chi connectivity index (χ3n) is 3.00. The van der Waals surface area contributed by atoms with Gasteiger partial charge in [0.2, 0.25) is 11.8 Å². The predicted molar refractivity (Wildman–Crippen MR) is 68.9 cm³/mol. The highest BCUT2D eigenvalue weighted by molar-refractivity contribution is 5.91. The second-order valence-corrected chi connectivity index (χ2v) is 5.01. The van der Waals surface area contributed by atoms with Gasteiger partial charge in [-0.1, -0.05) is 0 Å². The van der Waals surface area contributed by atoms with Crippen LogP contribution < -0.4 is 5.73 Å².